The Kier molecular flexibility index (Phi) is 15.1. The summed E-state index contributed by atoms with van der Waals surface area (Å²) in [6.07, 6.45) is 3.17. The molecule has 3 fully saturated rings. The van der Waals surface area contributed by atoms with Crippen LogP contribution in [0, 0.1) is 0 Å². The van der Waals surface area contributed by atoms with Gasteiger partial charge in [0.15, 0.2) is 0 Å². The Labute approximate surface area is 241 Å². The van der Waals surface area contributed by atoms with Gasteiger partial charge < -0.3 is 20.8 Å². The first-order valence-corrected chi connectivity index (χ1v) is 15.2. The maximum absolute atomic E-state index is 12.0. The molecule has 17 heteroatoms. The number of hydroxylamine groups is 2. The molecule has 0 aromatic rings. The summed E-state index contributed by atoms with van der Waals surface area (Å²) < 4.78 is 4.17. The third kappa shape index (κ3) is 10.1. The zero-order valence-electron chi connectivity index (χ0n) is 18.3. The number of hydrogen-bond acceptors (Lipinski definition) is 13. The number of nitrogens with one attached hydrogen (secondary N) is 3. The Bertz CT molecular complexity index is 743. The van der Waals surface area contributed by atoms with Crippen molar-refractivity contribution in [2.45, 2.75) is 54.7 Å². The molecular weight excluding hydrogens is 551 g/mol. The summed E-state index contributed by atoms with van der Waals surface area (Å²) in [5.41, 5.74) is 0. The molecule has 12 nitrogen and oxygen atoms in total. The minimum absolute atomic E-state index is 0. The van der Waals surface area contributed by atoms with Gasteiger partial charge in [-0.15, -0.1) is 9.40 Å². The van der Waals surface area contributed by atoms with Gasteiger partial charge in [0.2, 0.25) is 0 Å². The Morgan fingerprint density at radius 1 is 1.17 bits per heavy atom. The molecule has 4 N–H and O–H groups in total. The molecule has 3 rings (SSSR count). The first-order chi connectivity index (χ1) is 16.5. The molecule has 3 heterocycles. The van der Waals surface area contributed by atoms with E-state index in [0.717, 1.165) is 43.9 Å². The number of urea groups is 1. The van der Waals surface area contributed by atoms with Crippen LogP contribution >= 0.6 is 45.4 Å². The van der Waals surface area contributed by atoms with Crippen LogP contribution in [0.15, 0.2) is 0 Å². The number of nitrogens with zero attached hydrogens (tertiary/aromatic N) is 1. The molecular formula is C18H29N4NaO8S4. The van der Waals surface area contributed by atoms with Crippen molar-refractivity contribution < 1.29 is 38.6 Å². The Morgan fingerprint density at radius 2 is 1.97 bits per heavy atom. The minimum atomic E-state index is -0.939. The fraction of sp³-hybridized carbons (Fsp3) is 0.778. The number of amides is 4. The fourth-order valence-electron chi connectivity index (χ4n) is 3.69. The van der Waals surface area contributed by atoms with Crippen molar-refractivity contribution >= 4 is 98.8 Å². The summed E-state index contributed by atoms with van der Waals surface area (Å²) in [7, 11) is 3.16. The second-order valence-corrected chi connectivity index (χ2v) is 12.6. The van der Waals surface area contributed by atoms with Crippen LogP contribution in [0.1, 0.15) is 32.1 Å². The standard InChI is InChI=1S/C18H28N4O8S4.Na.H/c23-14-9-13(34-30-29-27)17(25)22(14)28-15(24)4-7-32-33-8-6-19-5-2-1-3-12-16-11(10-31-12)20-18(26)21-16;;/h11-13,16,19,27H,1-10H2,(H2,20,21,26);;/t11-,12?,13?,16-;;/m0../s1. The van der Waals surface area contributed by atoms with Crippen molar-refractivity contribution in [3.8, 4) is 0 Å². The zero-order chi connectivity index (χ0) is 24.3. The van der Waals surface area contributed by atoms with E-state index in [0.29, 0.717) is 28.1 Å². The molecule has 0 saturated carbocycles. The van der Waals surface area contributed by atoms with Gasteiger partial charge in [0.05, 0.1) is 24.9 Å². The topological polar surface area (TPSA) is 156 Å². The van der Waals surface area contributed by atoms with Gasteiger partial charge in [-0.1, -0.05) is 33.0 Å². The summed E-state index contributed by atoms with van der Waals surface area (Å²) in [4.78, 5) is 51.9. The summed E-state index contributed by atoms with van der Waals surface area (Å²) in [5, 5.41) is 20.9. The molecule has 4 atom stereocenters. The molecule has 2 unspecified atom stereocenters. The molecule has 35 heavy (non-hydrogen) atoms. The van der Waals surface area contributed by atoms with Gasteiger partial charge in [-0.2, -0.15) is 11.8 Å². The normalized spacial score (nSPS) is 25.3. The molecule has 4 amide bonds. The number of imide groups is 1. The van der Waals surface area contributed by atoms with Crippen LogP contribution in [0.25, 0.3) is 0 Å². The summed E-state index contributed by atoms with van der Waals surface area (Å²) in [6.45, 7) is 1.81. The molecule has 0 bridgehead atoms. The second-order valence-electron chi connectivity index (χ2n) is 7.68. The molecule has 0 spiro atoms. The number of hydrogen-bond donors (Lipinski definition) is 4. The Hall–Kier alpha value is 0.120. The molecule has 0 radical (unpaired) electrons. The maximum atomic E-state index is 12.0. The van der Waals surface area contributed by atoms with Gasteiger partial charge in [0.25, 0.3) is 11.8 Å². The SMILES string of the molecule is O=C1N[C@H]2CSC(CCCCNCCSSCCC(=O)ON3C(=O)CC(SOOO)C3=O)[C@H]2N1.[NaH]. The van der Waals surface area contributed by atoms with Crippen LogP contribution in [0.2, 0.25) is 0 Å². The number of carbonyl (C=O) groups excluding carboxylic acids is 4. The number of unbranched alkanes of at least 4 members (excludes halogenated alkanes) is 1. The van der Waals surface area contributed by atoms with E-state index in [-0.39, 0.29) is 60.5 Å². The average molecular weight is 581 g/mol. The number of carbonyl (C=O) groups is 4. The van der Waals surface area contributed by atoms with Crippen LogP contribution < -0.4 is 16.0 Å². The van der Waals surface area contributed by atoms with Crippen LogP contribution in [0.5, 0.6) is 0 Å². The summed E-state index contributed by atoms with van der Waals surface area (Å²) >= 11 is 2.40. The van der Waals surface area contributed by atoms with Gasteiger partial charge in [0.1, 0.15) is 5.25 Å². The van der Waals surface area contributed by atoms with Crippen molar-refractivity contribution in [3.05, 3.63) is 0 Å². The van der Waals surface area contributed by atoms with E-state index in [1.165, 1.54) is 10.8 Å². The summed E-state index contributed by atoms with van der Waals surface area (Å²) in [5.74, 6) is 0.309. The van der Waals surface area contributed by atoms with E-state index in [2.05, 4.69) is 25.3 Å². The molecule has 0 aromatic heterocycles. The zero-order valence-corrected chi connectivity index (χ0v) is 21.5. The molecule has 3 saturated heterocycles. The first kappa shape index (κ1) is 31.3. The van der Waals surface area contributed by atoms with E-state index >= 15 is 0 Å². The molecule has 3 aliphatic rings. The van der Waals surface area contributed by atoms with E-state index in [1.54, 1.807) is 10.8 Å². The van der Waals surface area contributed by atoms with Crippen LogP contribution in [0.3, 0.4) is 0 Å². The van der Waals surface area contributed by atoms with Gasteiger partial charge in [0, 0.05) is 41.1 Å². The van der Waals surface area contributed by atoms with Gasteiger partial charge in [-0.3, -0.25) is 9.59 Å². The van der Waals surface area contributed by atoms with E-state index in [9.17, 15) is 19.2 Å². The number of thioether (sulfide) groups is 1. The van der Waals surface area contributed by atoms with Crippen molar-refractivity contribution in [2.75, 3.05) is 30.3 Å². The van der Waals surface area contributed by atoms with Crippen LogP contribution in [0.4, 0.5) is 4.79 Å². The first-order valence-electron chi connectivity index (χ1n) is 10.8. The predicted molar refractivity (Wildman–Crippen MR) is 138 cm³/mol. The van der Waals surface area contributed by atoms with Crippen LogP contribution in [-0.2, 0) is 28.6 Å². The van der Waals surface area contributed by atoms with E-state index in [1.807, 2.05) is 11.8 Å². The van der Waals surface area contributed by atoms with Crippen molar-refractivity contribution in [1.82, 2.24) is 21.0 Å². The molecule has 0 aliphatic carbocycles. The number of rotatable bonds is 16. The monoisotopic (exact) mass is 580 g/mol. The third-order valence-electron chi connectivity index (χ3n) is 5.31. The fourth-order valence-corrected chi connectivity index (χ4v) is 7.67. The Morgan fingerprint density at radius 3 is 2.77 bits per heavy atom. The predicted octanol–water partition coefficient (Wildman–Crippen LogP) is 0.690. The van der Waals surface area contributed by atoms with Crippen molar-refractivity contribution in [3.63, 3.8) is 0 Å². The molecule has 194 valence electrons. The third-order valence-corrected chi connectivity index (χ3v) is 9.96. The van der Waals surface area contributed by atoms with Crippen LogP contribution in [-0.4, -0.2) is 117 Å². The van der Waals surface area contributed by atoms with Crippen molar-refractivity contribution in [2.24, 2.45) is 0 Å². The summed E-state index contributed by atoms with van der Waals surface area (Å²) in [6, 6.07) is 0.506. The second kappa shape index (κ2) is 16.9. The van der Waals surface area contributed by atoms with Gasteiger partial charge in [-0.05, 0) is 19.4 Å². The van der Waals surface area contributed by atoms with Gasteiger partial charge >= 0.3 is 41.6 Å². The average Bonchev–Trinajstić information content (AvgIpc) is 3.44. The van der Waals surface area contributed by atoms with E-state index in [4.69, 9.17) is 10.1 Å². The Balaban J connectivity index is 0.00000432. The number of fused-ring (bicyclic) bond motifs is 1. The van der Waals surface area contributed by atoms with Crippen molar-refractivity contribution in [1.29, 1.82) is 0 Å². The van der Waals surface area contributed by atoms with Gasteiger partial charge in [-0.25, -0.2) is 14.8 Å². The molecule has 0 aromatic carbocycles. The van der Waals surface area contributed by atoms with E-state index < -0.39 is 23.0 Å². The quantitative estimate of drug-likeness (QED) is 0.0296. The molecule has 3 aliphatic heterocycles.